The minimum Gasteiger partial charge on any atom is -0.395 e. The summed E-state index contributed by atoms with van der Waals surface area (Å²) in [4.78, 5) is 1.01. The molecule has 0 bridgehead atoms. The molecule has 0 atom stereocenters. The molecule has 2 rings (SSSR count). The molecule has 0 radical (unpaired) electrons. The van der Waals surface area contributed by atoms with Crippen molar-refractivity contribution in [1.82, 2.24) is 14.5 Å². The van der Waals surface area contributed by atoms with Crippen molar-refractivity contribution in [3.8, 4) is 11.8 Å². The fraction of sp³-hybridized carbons (Fsp3) is 0.308. The normalized spacial score (nSPS) is 11.1. The van der Waals surface area contributed by atoms with Gasteiger partial charge in [-0.25, -0.2) is 13.1 Å². The van der Waals surface area contributed by atoms with Gasteiger partial charge in [0.05, 0.1) is 12.8 Å². The molecular formula is C13H15N3O3S2. The SMILES string of the molecule is Cn1cc(S(=O)(=O)NCc2cc(C#CCCO)cs2)cn1. The summed E-state index contributed by atoms with van der Waals surface area (Å²) in [6.45, 7) is 0.248. The zero-order valence-electron chi connectivity index (χ0n) is 11.4. The van der Waals surface area contributed by atoms with Crippen molar-refractivity contribution in [1.29, 1.82) is 0 Å². The van der Waals surface area contributed by atoms with E-state index in [0.29, 0.717) is 6.42 Å². The number of nitrogens with zero attached hydrogens (tertiary/aromatic N) is 2. The molecule has 0 unspecified atom stereocenters. The Labute approximate surface area is 127 Å². The summed E-state index contributed by atoms with van der Waals surface area (Å²) >= 11 is 1.44. The van der Waals surface area contributed by atoms with Crippen molar-refractivity contribution in [2.45, 2.75) is 17.9 Å². The molecule has 2 N–H and O–H groups in total. The van der Waals surface area contributed by atoms with Crippen molar-refractivity contribution >= 4 is 21.4 Å². The Balaban J connectivity index is 1.99. The first-order chi connectivity index (χ1) is 10.0. The highest BCUT2D eigenvalue weighted by Gasteiger charge is 2.15. The van der Waals surface area contributed by atoms with Crippen LogP contribution in [-0.2, 0) is 23.6 Å². The van der Waals surface area contributed by atoms with Crippen LogP contribution in [0.2, 0.25) is 0 Å². The standard InChI is InChI=1S/C13H15N3O3S2/c1-16-9-13(8-14-16)21(18,19)15-7-12-6-11(10-20-12)4-2-3-5-17/h6,8-10,15,17H,3,5,7H2,1H3. The lowest BCUT2D eigenvalue weighted by Gasteiger charge is -2.02. The molecule has 0 spiro atoms. The Morgan fingerprint density at radius 3 is 3.00 bits per heavy atom. The van der Waals surface area contributed by atoms with Gasteiger partial charge < -0.3 is 5.11 Å². The van der Waals surface area contributed by atoms with Crippen molar-refractivity contribution in [2.24, 2.45) is 7.05 Å². The molecule has 2 heterocycles. The first kappa shape index (κ1) is 15.7. The van der Waals surface area contributed by atoms with Crippen LogP contribution in [0.3, 0.4) is 0 Å². The van der Waals surface area contributed by atoms with Crippen molar-refractivity contribution in [2.75, 3.05) is 6.61 Å². The fourth-order valence-corrected chi connectivity index (χ4v) is 3.38. The van der Waals surface area contributed by atoms with Gasteiger partial charge in [0, 0.05) is 42.0 Å². The van der Waals surface area contributed by atoms with Crippen molar-refractivity contribution in [3.05, 3.63) is 34.3 Å². The van der Waals surface area contributed by atoms with Crippen LogP contribution in [0.4, 0.5) is 0 Å². The topological polar surface area (TPSA) is 84.2 Å². The van der Waals surface area contributed by atoms with Gasteiger partial charge in [-0.05, 0) is 6.07 Å². The number of thiophene rings is 1. The van der Waals surface area contributed by atoms with Gasteiger partial charge in [0.2, 0.25) is 10.0 Å². The maximum atomic E-state index is 12.0. The monoisotopic (exact) mass is 325 g/mol. The second kappa shape index (κ2) is 6.87. The van der Waals surface area contributed by atoms with E-state index < -0.39 is 10.0 Å². The summed E-state index contributed by atoms with van der Waals surface area (Å²) in [5, 5.41) is 14.4. The van der Waals surface area contributed by atoms with Gasteiger partial charge in [-0.3, -0.25) is 4.68 Å². The summed E-state index contributed by atoms with van der Waals surface area (Å²) in [5.41, 5.74) is 0.823. The van der Waals surface area contributed by atoms with Crippen LogP contribution in [0.1, 0.15) is 16.9 Å². The first-order valence-electron chi connectivity index (χ1n) is 6.17. The van der Waals surface area contributed by atoms with Gasteiger partial charge in [0.15, 0.2) is 0 Å². The average molecular weight is 325 g/mol. The van der Waals surface area contributed by atoms with E-state index in [0.717, 1.165) is 10.4 Å². The minimum absolute atomic E-state index is 0.0366. The molecule has 0 amide bonds. The van der Waals surface area contributed by atoms with E-state index in [2.05, 4.69) is 21.7 Å². The maximum absolute atomic E-state index is 12.0. The van der Waals surface area contributed by atoms with Crippen LogP contribution in [0, 0.1) is 11.8 Å². The third-order valence-corrected chi connectivity index (χ3v) is 4.84. The molecule has 21 heavy (non-hydrogen) atoms. The fourth-order valence-electron chi connectivity index (χ4n) is 1.55. The molecule has 6 nitrogen and oxygen atoms in total. The Morgan fingerprint density at radius 2 is 2.33 bits per heavy atom. The number of aliphatic hydroxyl groups is 1. The van der Waals surface area contributed by atoms with Crippen LogP contribution in [0.5, 0.6) is 0 Å². The van der Waals surface area contributed by atoms with E-state index in [-0.39, 0.29) is 18.0 Å². The molecule has 0 saturated carbocycles. The Hall–Kier alpha value is -1.66. The average Bonchev–Trinajstić information content (AvgIpc) is 3.06. The molecule has 0 saturated heterocycles. The van der Waals surface area contributed by atoms with Gasteiger partial charge in [0.25, 0.3) is 0 Å². The van der Waals surface area contributed by atoms with E-state index in [9.17, 15) is 8.42 Å². The number of nitrogens with one attached hydrogen (secondary N) is 1. The second-order valence-corrected chi connectivity index (χ2v) is 7.01. The number of hydrogen-bond donors (Lipinski definition) is 2. The predicted molar refractivity (Wildman–Crippen MR) is 80.1 cm³/mol. The lowest BCUT2D eigenvalue weighted by atomic mass is 10.3. The van der Waals surface area contributed by atoms with Crippen LogP contribution in [0.25, 0.3) is 0 Å². The van der Waals surface area contributed by atoms with E-state index in [1.807, 2.05) is 11.4 Å². The molecule has 2 aromatic rings. The third-order valence-electron chi connectivity index (χ3n) is 2.55. The molecule has 0 aliphatic rings. The van der Waals surface area contributed by atoms with E-state index in [1.165, 1.54) is 28.4 Å². The van der Waals surface area contributed by atoms with Crippen LogP contribution in [-0.4, -0.2) is 29.9 Å². The second-order valence-electron chi connectivity index (χ2n) is 4.25. The van der Waals surface area contributed by atoms with Crippen molar-refractivity contribution < 1.29 is 13.5 Å². The van der Waals surface area contributed by atoms with Gasteiger partial charge in [0.1, 0.15) is 4.90 Å². The van der Waals surface area contributed by atoms with Gasteiger partial charge in [-0.2, -0.15) is 5.10 Å². The largest absolute Gasteiger partial charge is 0.395 e. The number of aliphatic hydroxyl groups excluding tert-OH is 1. The predicted octanol–water partition coefficient (Wildman–Crippen LogP) is 0.694. The molecule has 112 valence electrons. The van der Waals surface area contributed by atoms with Crippen LogP contribution < -0.4 is 4.72 Å². The van der Waals surface area contributed by atoms with E-state index >= 15 is 0 Å². The first-order valence-corrected chi connectivity index (χ1v) is 8.53. The van der Waals surface area contributed by atoms with Gasteiger partial charge >= 0.3 is 0 Å². The third kappa shape index (κ3) is 4.41. The molecule has 0 aliphatic heterocycles. The Morgan fingerprint density at radius 1 is 1.52 bits per heavy atom. The summed E-state index contributed by atoms with van der Waals surface area (Å²) in [6, 6.07) is 1.83. The number of sulfonamides is 1. The van der Waals surface area contributed by atoms with Crippen LogP contribution in [0.15, 0.2) is 28.7 Å². The maximum Gasteiger partial charge on any atom is 0.244 e. The molecule has 8 heteroatoms. The number of hydrogen-bond acceptors (Lipinski definition) is 5. The quantitative estimate of drug-likeness (QED) is 0.793. The molecular weight excluding hydrogens is 310 g/mol. The van der Waals surface area contributed by atoms with E-state index in [1.54, 1.807) is 7.05 Å². The number of aromatic nitrogens is 2. The summed E-state index contributed by atoms with van der Waals surface area (Å²) in [6.07, 6.45) is 3.18. The summed E-state index contributed by atoms with van der Waals surface area (Å²) in [7, 11) is -1.88. The zero-order chi connectivity index (χ0) is 15.3. The molecule has 2 aromatic heterocycles. The zero-order valence-corrected chi connectivity index (χ0v) is 13.0. The highest BCUT2D eigenvalue weighted by Crippen LogP contribution is 2.15. The number of aryl methyl sites for hydroxylation is 1. The van der Waals surface area contributed by atoms with E-state index in [4.69, 9.17) is 5.11 Å². The lowest BCUT2D eigenvalue weighted by Crippen LogP contribution is -2.22. The molecule has 0 aromatic carbocycles. The number of rotatable bonds is 5. The van der Waals surface area contributed by atoms with Gasteiger partial charge in [-0.1, -0.05) is 11.8 Å². The molecule has 0 aliphatic carbocycles. The highest BCUT2D eigenvalue weighted by atomic mass is 32.2. The Kier molecular flexibility index (Phi) is 5.14. The van der Waals surface area contributed by atoms with Crippen LogP contribution >= 0.6 is 11.3 Å². The smallest absolute Gasteiger partial charge is 0.244 e. The Bertz CT molecular complexity index is 766. The molecule has 0 fully saturated rings. The highest BCUT2D eigenvalue weighted by molar-refractivity contribution is 7.89. The van der Waals surface area contributed by atoms with Gasteiger partial charge in [-0.15, -0.1) is 11.3 Å². The lowest BCUT2D eigenvalue weighted by molar-refractivity contribution is 0.305. The van der Waals surface area contributed by atoms with Crippen molar-refractivity contribution in [3.63, 3.8) is 0 Å². The summed E-state index contributed by atoms with van der Waals surface area (Å²) < 4.78 is 28.0. The summed E-state index contributed by atoms with van der Waals surface area (Å²) in [5.74, 6) is 5.73. The minimum atomic E-state index is -3.55.